The predicted octanol–water partition coefficient (Wildman–Crippen LogP) is 2.38. The van der Waals surface area contributed by atoms with Gasteiger partial charge in [-0.25, -0.2) is 14.8 Å². The van der Waals surface area contributed by atoms with Crippen LogP contribution in [0.2, 0.25) is 0 Å². The summed E-state index contributed by atoms with van der Waals surface area (Å²) in [6.07, 6.45) is 3.72. The van der Waals surface area contributed by atoms with E-state index < -0.39 is 0 Å². The SMILES string of the molecule is Cc1cn2cc(NC(=O)NCc3nc(C(C)(C)C)n[nH]3)ccc2n1. The van der Waals surface area contributed by atoms with Crippen molar-refractivity contribution in [1.29, 1.82) is 0 Å². The highest BCUT2D eigenvalue weighted by Gasteiger charge is 2.19. The van der Waals surface area contributed by atoms with Crippen LogP contribution in [0.4, 0.5) is 10.5 Å². The third-order valence-corrected chi connectivity index (χ3v) is 3.45. The lowest BCUT2D eigenvalue weighted by atomic mass is 9.96. The van der Waals surface area contributed by atoms with Crippen molar-refractivity contribution in [3.05, 3.63) is 41.9 Å². The Labute approximate surface area is 139 Å². The number of pyridine rings is 1. The van der Waals surface area contributed by atoms with Gasteiger partial charge in [-0.15, -0.1) is 0 Å². The number of imidazole rings is 1. The van der Waals surface area contributed by atoms with Crippen molar-refractivity contribution in [3.8, 4) is 0 Å². The zero-order valence-electron chi connectivity index (χ0n) is 14.2. The topological polar surface area (TPSA) is 100 Å². The molecule has 2 amide bonds. The average molecular weight is 327 g/mol. The highest BCUT2D eigenvalue weighted by Crippen LogP contribution is 2.17. The molecule has 0 aliphatic carbocycles. The van der Waals surface area contributed by atoms with Gasteiger partial charge < -0.3 is 15.0 Å². The Morgan fingerprint density at radius 2 is 2.04 bits per heavy atom. The standard InChI is InChI=1S/C16H21N7O/c1-10-8-23-9-11(5-6-13(23)18-10)19-15(24)17-7-12-20-14(22-21-12)16(2,3)4/h5-6,8-9H,7H2,1-4H3,(H2,17,19,24)(H,20,21,22). The molecule has 0 aliphatic heterocycles. The molecule has 0 aliphatic rings. The van der Waals surface area contributed by atoms with Gasteiger partial charge in [0.05, 0.1) is 17.9 Å². The second-order valence-corrected chi connectivity index (χ2v) is 6.73. The molecule has 0 saturated carbocycles. The Morgan fingerprint density at radius 1 is 1.25 bits per heavy atom. The number of carbonyl (C=O) groups excluding carboxylic acids is 1. The van der Waals surface area contributed by atoms with E-state index in [2.05, 4.69) is 30.8 Å². The van der Waals surface area contributed by atoms with Gasteiger partial charge in [-0.2, -0.15) is 5.10 Å². The van der Waals surface area contributed by atoms with Crippen LogP contribution < -0.4 is 10.6 Å². The summed E-state index contributed by atoms with van der Waals surface area (Å²) in [6.45, 7) is 8.31. The summed E-state index contributed by atoms with van der Waals surface area (Å²) < 4.78 is 1.87. The van der Waals surface area contributed by atoms with E-state index in [-0.39, 0.29) is 18.0 Å². The summed E-state index contributed by atoms with van der Waals surface area (Å²) in [4.78, 5) is 20.8. The number of hydrogen-bond donors (Lipinski definition) is 3. The van der Waals surface area contributed by atoms with Crippen LogP contribution in [0.25, 0.3) is 5.65 Å². The molecule has 0 aromatic carbocycles. The van der Waals surface area contributed by atoms with Crippen molar-refractivity contribution in [2.75, 3.05) is 5.32 Å². The molecule has 3 aromatic rings. The highest BCUT2D eigenvalue weighted by molar-refractivity contribution is 5.89. The van der Waals surface area contributed by atoms with Crippen molar-refractivity contribution < 1.29 is 4.79 Å². The number of fused-ring (bicyclic) bond motifs is 1. The molecule has 3 heterocycles. The minimum absolute atomic E-state index is 0.130. The minimum Gasteiger partial charge on any atom is -0.331 e. The Morgan fingerprint density at radius 3 is 2.75 bits per heavy atom. The maximum atomic E-state index is 12.0. The van der Waals surface area contributed by atoms with Crippen molar-refractivity contribution in [3.63, 3.8) is 0 Å². The fraction of sp³-hybridized carbons (Fsp3) is 0.375. The molecule has 3 N–H and O–H groups in total. The van der Waals surface area contributed by atoms with Gasteiger partial charge in [0.1, 0.15) is 11.5 Å². The van der Waals surface area contributed by atoms with Gasteiger partial charge >= 0.3 is 6.03 Å². The summed E-state index contributed by atoms with van der Waals surface area (Å²) in [5.41, 5.74) is 2.33. The fourth-order valence-electron chi connectivity index (χ4n) is 2.24. The summed E-state index contributed by atoms with van der Waals surface area (Å²) in [5.74, 6) is 1.34. The number of H-pyrrole nitrogens is 1. The number of nitrogens with zero attached hydrogens (tertiary/aromatic N) is 4. The molecular formula is C16H21N7O. The number of anilines is 1. The fourth-order valence-corrected chi connectivity index (χ4v) is 2.24. The first kappa shape index (κ1) is 16.0. The maximum absolute atomic E-state index is 12.0. The molecule has 3 rings (SSSR count). The lowest BCUT2D eigenvalue weighted by Crippen LogP contribution is -2.28. The van der Waals surface area contributed by atoms with Gasteiger partial charge in [-0.05, 0) is 19.1 Å². The molecule has 8 nitrogen and oxygen atoms in total. The first-order valence-corrected chi connectivity index (χ1v) is 7.73. The van der Waals surface area contributed by atoms with E-state index in [4.69, 9.17) is 0 Å². The van der Waals surface area contributed by atoms with E-state index >= 15 is 0 Å². The van der Waals surface area contributed by atoms with Crippen molar-refractivity contribution >= 4 is 17.4 Å². The number of amides is 2. The van der Waals surface area contributed by atoms with Crippen molar-refractivity contribution in [2.45, 2.75) is 39.7 Å². The lowest BCUT2D eigenvalue weighted by Gasteiger charge is -2.11. The van der Waals surface area contributed by atoms with E-state index in [1.165, 1.54) is 0 Å². The highest BCUT2D eigenvalue weighted by atomic mass is 16.2. The van der Waals surface area contributed by atoms with Crippen LogP contribution in [0.1, 0.15) is 38.1 Å². The van der Waals surface area contributed by atoms with Crippen molar-refractivity contribution in [2.24, 2.45) is 0 Å². The van der Waals surface area contributed by atoms with Gasteiger partial charge in [0.25, 0.3) is 0 Å². The number of aromatic nitrogens is 5. The Hall–Kier alpha value is -2.90. The van der Waals surface area contributed by atoms with E-state index in [1.807, 2.05) is 56.6 Å². The molecule has 8 heteroatoms. The van der Waals surface area contributed by atoms with Crippen LogP contribution in [0, 0.1) is 6.92 Å². The van der Waals surface area contributed by atoms with Crippen LogP contribution in [0.5, 0.6) is 0 Å². The van der Waals surface area contributed by atoms with Crippen LogP contribution in [-0.2, 0) is 12.0 Å². The molecule has 0 saturated heterocycles. The second kappa shape index (κ2) is 5.95. The van der Waals surface area contributed by atoms with Crippen LogP contribution >= 0.6 is 0 Å². The predicted molar refractivity (Wildman–Crippen MR) is 90.9 cm³/mol. The molecular weight excluding hydrogens is 306 g/mol. The van der Waals surface area contributed by atoms with E-state index in [1.54, 1.807) is 0 Å². The van der Waals surface area contributed by atoms with Crippen LogP contribution in [0.15, 0.2) is 24.5 Å². The number of urea groups is 1. The van der Waals surface area contributed by atoms with E-state index in [0.29, 0.717) is 11.5 Å². The smallest absolute Gasteiger partial charge is 0.319 e. The number of nitrogens with one attached hydrogen (secondary N) is 3. The maximum Gasteiger partial charge on any atom is 0.319 e. The van der Waals surface area contributed by atoms with Gasteiger partial charge in [-0.1, -0.05) is 20.8 Å². The lowest BCUT2D eigenvalue weighted by molar-refractivity contribution is 0.251. The molecule has 126 valence electrons. The van der Waals surface area contributed by atoms with Gasteiger partial charge in [0.2, 0.25) is 0 Å². The number of rotatable bonds is 3. The summed E-state index contributed by atoms with van der Waals surface area (Å²) in [7, 11) is 0. The normalized spacial score (nSPS) is 11.7. The Balaban J connectivity index is 1.59. The van der Waals surface area contributed by atoms with Crippen molar-refractivity contribution in [1.82, 2.24) is 29.9 Å². The third kappa shape index (κ3) is 3.53. The van der Waals surface area contributed by atoms with Crippen LogP contribution in [-0.4, -0.2) is 30.6 Å². The van der Waals surface area contributed by atoms with Gasteiger partial charge in [0, 0.05) is 17.8 Å². The van der Waals surface area contributed by atoms with E-state index in [0.717, 1.165) is 17.2 Å². The molecule has 0 fully saturated rings. The minimum atomic E-state index is -0.306. The zero-order chi connectivity index (χ0) is 17.3. The summed E-state index contributed by atoms with van der Waals surface area (Å²) >= 11 is 0. The quantitative estimate of drug-likeness (QED) is 0.687. The van der Waals surface area contributed by atoms with Gasteiger partial charge in [0.15, 0.2) is 5.82 Å². The molecule has 0 spiro atoms. The molecule has 0 unspecified atom stereocenters. The largest absolute Gasteiger partial charge is 0.331 e. The number of carbonyl (C=O) groups is 1. The molecule has 0 radical (unpaired) electrons. The Bertz CT molecular complexity index is 872. The zero-order valence-corrected chi connectivity index (χ0v) is 14.2. The molecule has 0 atom stereocenters. The number of hydrogen-bond acceptors (Lipinski definition) is 4. The molecule has 3 aromatic heterocycles. The molecule has 0 bridgehead atoms. The molecule has 24 heavy (non-hydrogen) atoms. The monoisotopic (exact) mass is 327 g/mol. The second-order valence-electron chi connectivity index (χ2n) is 6.73. The Kier molecular flexibility index (Phi) is 3.96. The summed E-state index contributed by atoms with van der Waals surface area (Å²) in [6, 6.07) is 3.36. The first-order valence-electron chi connectivity index (χ1n) is 7.73. The van der Waals surface area contributed by atoms with Gasteiger partial charge in [-0.3, -0.25) is 5.10 Å². The van der Waals surface area contributed by atoms with Crippen LogP contribution in [0.3, 0.4) is 0 Å². The van der Waals surface area contributed by atoms with E-state index in [9.17, 15) is 4.79 Å². The first-order chi connectivity index (χ1) is 11.3. The summed E-state index contributed by atoms with van der Waals surface area (Å²) in [5, 5.41) is 12.6. The average Bonchev–Trinajstić information content (AvgIpc) is 3.09. The number of aromatic amines is 1. The third-order valence-electron chi connectivity index (χ3n) is 3.45. The number of aryl methyl sites for hydroxylation is 1.